The zero-order valence-electron chi connectivity index (χ0n) is 9.56. The molecule has 0 aliphatic rings. The summed E-state index contributed by atoms with van der Waals surface area (Å²) in [7, 11) is 0. The molecule has 1 unspecified atom stereocenters. The lowest BCUT2D eigenvalue weighted by atomic mass is 10.2. The molecule has 0 rings (SSSR count). The highest BCUT2D eigenvalue weighted by molar-refractivity contribution is 5.81. The standard InChI is InChI=1S/C10H20N2O3/c1-7(2)12(10(15)8(3)11)6-4-5-9(13)14/h7-8H,4-6,11H2,1-3H3,(H,13,14). The summed E-state index contributed by atoms with van der Waals surface area (Å²) in [5.74, 6) is -0.970. The summed E-state index contributed by atoms with van der Waals surface area (Å²) in [6.45, 7) is 5.86. The quantitative estimate of drug-likeness (QED) is 0.674. The van der Waals surface area contributed by atoms with E-state index in [-0.39, 0.29) is 18.4 Å². The summed E-state index contributed by atoms with van der Waals surface area (Å²) >= 11 is 0. The summed E-state index contributed by atoms with van der Waals surface area (Å²) in [6.07, 6.45) is 0.543. The van der Waals surface area contributed by atoms with E-state index in [1.807, 2.05) is 13.8 Å². The van der Waals surface area contributed by atoms with Crippen molar-refractivity contribution in [3.8, 4) is 0 Å². The fourth-order valence-corrected chi connectivity index (χ4v) is 1.29. The lowest BCUT2D eigenvalue weighted by Crippen LogP contribution is -2.46. The van der Waals surface area contributed by atoms with Crippen molar-refractivity contribution in [2.75, 3.05) is 6.54 Å². The molecule has 5 heteroatoms. The molecule has 0 aliphatic heterocycles. The molecule has 0 aromatic heterocycles. The molecule has 3 N–H and O–H groups in total. The number of carbonyl (C=O) groups is 2. The Morgan fingerprint density at radius 2 is 1.87 bits per heavy atom. The van der Waals surface area contributed by atoms with Gasteiger partial charge in [0.05, 0.1) is 6.04 Å². The van der Waals surface area contributed by atoms with Gasteiger partial charge in [0.1, 0.15) is 0 Å². The highest BCUT2D eigenvalue weighted by Gasteiger charge is 2.19. The molecular formula is C10H20N2O3. The fourth-order valence-electron chi connectivity index (χ4n) is 1.29. The van der Waals surface area contributed by atoms with Gasteiger partial charge in [0.2, 0.25) is 5.91 Å². The second-order valence-corrected chi connectivity index (χ2v) is 3.91. The molecule has 0 aliphatic carbocycles. The maximum atomic E-state index is 11.6. The van der Waals surface area contributed by atoms with E-state index in [0.29, 0.717) is 13.0 Å². The third-order valence-electron chi connectivity index (χ3n) is 2.09. The van der Waals surface area contributed by atoms with Gasteiger partial charge in [-0.15, -0.1) is 0 Å². The van der Waals surface area contributed by atoms with Crippen LogP contribution in [0.2, 0.25) is 0 Å². The Morgan fingerprint density at radius 3 is 2.20 bits per heavy atom. The van der Waals surface area contributed by atoms with Gasteiger partial charge in [-0.2, -0.15) is 0 Å². The Hall–Kier alpha value is -1.10. The molecule has 0 spiro atoms. The monoisotopic (exact) mass is 216 g/mol. The number of nitrogens with two attached hydrogens (primary N) is 1. The summed E-state index contributed by atoms with van der Waals surface area (Å²) in [4.78, 5) is 23.6. The smallest absolute Gasteiger partial charge is 0.303 e. The van der Waals surface area contributed by atoms with Gasteiger partial charge in [-0.1, -0.05) is 0 Å². The summed E-state index contributed by atoms with van der Waals surface area (Å²) in [6, 6.07) is -0.477. The van der Waals surface area contributed by atoms with Gasteiger partial charge in [-0.05, 0) is 27.2 Å². The molecule has 15 heavy (non-hydrogen) atoms. The van der Waals surface area contributed by atoms with Crippen LogP contribution in [0.3, 0.4) is 0 Å². The minimum absolute atomic E-state index is 0.0531. The third kappa shape index (κ3) is 5.37. The first-order chi connectivity index (χ1) is 6.86. The maximum absolute atomic E-state index is 11.6. The van der Waals surface area contributed by atoms with Crippen LogP contribution in [0.25, 0.3) is 0 Å². The van der Waals surface area contributed by atoms with Crippen LogP contribution in [-0.2, 0) is 9.59 Å². The molecule has 0 fully saturated rings. The highest BCUT2D eigenvalue weighted by atomic mass is 16.4. The topological polar surface area (TPSA) is 83.6 Å². The minimum Gasteiger partial charge on any atom is -0.481 e. The van der Waals surface area contributed by atoms with E-state index < -0.39 is 12.0 Å². The van der Waals surface area contributed by atoms with E-state index in [2.05, 4.69) is 0 Å². The van der Waals surface area contributed by atoms with E-state index in [4.69, 9.17) is 10.8 Å². The molecule has 0 aromatic carbocycles. The van der Waals surface area contributed by atoms with Crippen LogP contribution in [0.1, 0.15) is 33.6 Å². The number of carbonyl (C=O) groups excluding carboxylic acids is 1. The number of rotatable bonds is 6. The Morgan fingerprint density at radius 1 is 1.33 bits per heavy atom. The van der Waals surface area contributed by atoms with Gasteiger partial charge in [-0.3, -0.25) is 9.59 Å². The van der Waals surface area contributed by atoms with Crippen molar-refractivity contribution in [3.05, 3.63) is 0 Å². The van der Waals surface area contributed by atoms with E-state index in [9.17, 15) is 9.59 Å². The zero-order chi connectivity index (χ0) is 12.0. The molecule has 0 heterocycles. The molecule has 0 saturated heterocycles. The highest BCUT2D eigenvalue weighted by Crippen LogP contribution is 2.04. The van der Waals surface area contributed by atoms with E-state index >= 15 is 0 Å². The van der Waals surface area contributed by atoms with Gasteiger partial charge < -0.3 is 15.7 Å². The molecule has 0 radical (unpaired) electrons. The lowest BCUT2D eigenvalue weighted by Gasteiger charge is -2.28. The largest absolute Gasteiger partial charge is 0.481 e. The molecule has 1 atom stereocenters. The number of hydrogen-bond acceptors (Lipinski definition) is 3. The maximum Gasteiger partial charge on any atom is 0.303 e. The van der Waals surface area contributed by atoms with Crippen LogP contribution >= 0.6 is 0 Å². The molecule has 5 nitrogen and oxygen atoms in total. The van der Waals surface area contributed by atoms with Gasteiger partial charge in [0.15, 0.2) is 0 Å². The normalized spacial score (nSPS) is 12.6. The summed E-state index contributed by atoms with van der Waals surface area (Å²) in [5, 5.41) is 8.48. The Kier molecular flexibility index (Phi) is 5.93. The van der Waals surface area contributed by atoms with E-state index in [1.165, 1.54) is 0 Å². The van der Waals surface area contributed by atoms with Crippen LogP contribution in [-0.4, -0.2) is 40.5 Å². The fraction of sp³-hybridized carbons (Fsp3) is 0.800. The number of aliphatic carboxylic acids is 1. The molecule has 0 aromatic rings. The third-order valence-corrected chi connectivity index (χ3v) is 2.09. The Bertz CT molecular complexity index is 227. The van der Waals surface area contributed by atoms with Gasteiger partial charge in [0.25, 0.3) is 0 Å². The molecular weight excluding hydrogens is 196 g/mol. The predicted octanol–water partition coefficient (Wildman–Crippen LogP) is 0.435. The zero-order valence-corrected chi connectivity index (χ0v) is 9.56. The summed E-state index contributed by atoms with van der Waals surface area (Å²) < 4.78 is 0. The second kappa shape index (κ2) is 6.40. The van der Waals surface area contributed by atoms with Crippen LogP contribution in [0, 0.1) is 0 Å². The Labute approximate surface area is 90.2 Å². The first-order valence-corrected chi connectivity index (χ1v) is 5.14. The molecule has 0 bridgehead atoms. The van der Waals surface area contributed by atoms with Crippen molar-refractivity contribution in [3.63, 3.8) is 0 Å². The molecule has 88 valence electrons. The molecule has 0 saturated carbocycles. The van der Waals surface area contributed by atoms with Crippen LogP contribution < -0.4 is 5.73 Å². The predicted molar refractivity (Wildman–Crippen MR) is 57.4 cm³/mol. The van der Waals surface area contributed by atoms with Gasteiger partial charge in [0, 0.05) is 19.0 Å². The number of carboxylic acid groups (broad SMARTS) is 1. The van der Waals surface area contributed by atoms with Crippen molar-refractivity contribution in [2.45, 2.75) is 45.7 Å². The lowest BCUT2D eigenvalue weighted by molar-refractivity contribution is -0.138. The Balaban J connectivity index is 4.17. The average Bonchev–Trinajstić information content (AvgIpc) is 2.10. The minimum atomic E-state index is -0.841. The van der Waals surface area contributed by atoms with Crippen LogP contribution in [0.15, 0.2) is 0 Å². The molecule has 1 amide bonds. The number of carboxylic acids is 1. The number of amides is 1. The van der Waals surface area contributed by atoms with Crippen molar-refractivity contribution in [2.24, 2.45) is 5.73 Å². The van der Waals surface area contributed by atoms with E-state index in [1.54, 1.807) is 11.8 Å². The first-order valence-electron chi connectivity index (χ1n) is 5.14. The van der Waals surface area contributed by atoms with Crippen LogP contribution in [0.4, 0.5) is 0 Å². The van der Waals surface area contributed by atoms with Crippen molar-refractivity contribution < 1.29 is 14.7 Å². The van der Waals surface area contributed by atoms with Crippen molar-refractivity contribution >= 4 is 11.9 Å². The summed E-state index contributed by atoms with van der Waals surface area (Å²) in [5.41, 5.74) is 5.50. The SMILES string of the molecule is CC(N)C(=O)N(CCCC(=O)O)C(C)C. The van der Waals surface area contributed by atoms with Crippen LogP contribution in [0.5, 0.6) is 0 Å². The van der Waals surface area contributed by atoms with Crippen molar-refractivity contribution in [1.29, 1.82) is 0 Å². The second-order valence-electron chi connectivity index (χ2n) is 3.91. The van der Waals surface area contributed by atoms with E-state index in [0.717, 1.165) is 0 Å². The number of nitrogens with zero attached hydrogens (tertiary/aromatic N) is 1. The van der Waals surface area contributed by atoms with Gasteiger partial charge >= 0.3 is 5.97 Å². The van der Waals surface area contributed by atoms with Gasteiger partial charge in [-0.25, -0.2) is 0 Å². The van der Waals surface area contributed by atoms with Crippen molar-refractivity contribution in [1.82, 2.24) is 4.90 Å². The number of hydrogen-bond donors (Lipinski definition) is 2. The first kappa shape index (κ1) is 13.9. The average molecular weight is 216 g/mol.